The van der Waals surface area contributed by atoms with Gasteiger partial charge in [-0.3, -0.25) is 9.80 Å². The van der Waals surface area contributed by atoms with Gasteiger partial charge in [0.1, 0.15) is 0 Å². The van der Waals surface area contributed by atoms with Crippen LogP contribution in [0.2, 0.25) is 0 Å². The highest BCUT2D eigenvalue weighted by atomic mass is 32.2. The summed E-state index contributed by atoms with van der Waals surface area (Å²) in [6.45, 7) is 8.74. The van der Waals surface area contributed by atoms with Gasteiger partial charge in [0.05, 0.1) is 0 Å². The molecule has 0 radical (unpaired) electrons. The highest BCUT2D eigenvalue weighted by Gasteiger charge is 2.36. The predicted molar refractivity (Wildman–Crippen MR) is 82.5 cm³/mol. The third-order valence-electron chi connectivity index (χ3n) is 4.86. The first-order chi connectivity index (χ1) is 8.80. The van der Waals surface area contributed by atoms with E-state index in [2.05, 4.69) is 29.9 Å². The Labute approximate surface area is 117 Å². The van der Waals surface area contributed by atoms with E-state index in [1.807, 2.05) is 11.8 Å². The number of fused-ring (bicyclic) bond motifs is 1. The minimum absolute atomic E-state index is 0.800. The Morgan fingerprint density at radius 3 is 2.72 bits per heavy atom. The maximum Gasteiger partial charge on any atom is 0.0224 e. The average Bonchev–Trinajstić information content (AvgIpc) is 2.43. The van der Waals surface area contributed by atoms with Gasteiger partial charge in [0.15, 0.2) is 0 Å². The largest absolute Gasteiger partial charge is 0.298 e. The van der Waals surface area contributed by atoms with E-state index < -0.39 is 0 Å². The summed E-state index contributed by atoms with van der Waals surface area (Å²) in [5.41, 5.74) is 0. The SMILES string of the molecule is CCC(CSC)N1CC2CCCCN2CC1CC. The average molecular weight is 270 g/mol. The van der Waals surface area contributed by atoms with Gasteiger partial charge in [-0.05, 0) is 38.5 Å². The van der Waals surface area contributed by atoms with Crippen LogP contribution in [0.4, 0.5) is 0 Å². The molecule has 2 nitrogen and oxygen atoms in total. The minimum atomic E-state index is 0.800. The molecule has 3 unspecified atom stereocenters. The topological polar surface area (TPSA) is 6.48 Å². The summed E-state index contributed by atoms with van der Waals surface area (Å²) in [5.74, 6) is 1.31. The Balaban J connectivity index is 2.02. The van der Waals surface area contributed by atoms with Gasteiger partial charge in [-0.1, -0.05) is 20.3 Å². The molecule has 2 aliphatic rings. The van der Waals surface area contributed by atoms with Gasteiger partial charge < -0.3 is 0 Å². The molecule has 0 amide bonds. The third kappa shape index (κ3) is 3.23. The zero-order valence-corrected chi connectivity index (χ0v) is 13.2. The number of piperidine rings is 1. The smallest absolute Gasteiger partial charge is 0.0224 e. The molecular weight excluding hydrogens is 240 g/mol. The second kappa shape index (κ2) is 7.16. The van der Waals surface area contributed by atoms with Crippen molar-refractivity contribution in [1.29, 1.82) is 0 Å². The zero-order chi connectivity index (χ0) is 13.0. The molecule has 0 bridgehead atoms. The van der Waals surface area contributed by atoms with Crippen molar-refractivity contribution >= 4 is 11.8 Å². The van der Waals surface area contributed by atoms with Gasteiger partial charge in [-0.2, -0.15) is 11.8 Å². The summed E-state index contributed by atoms with van der Waals surface area (Å²) in [6.07, 6.45) is 9.18. The van der Waals surface area contributed by atoms with E-state index in [1.165, 1.54) is 57.5 Å². The fraction of sp³-hybridized carbons (Fsp3) is 1.00. The highest BCUT2D eigenvalue weighted by molar-refractivity contribution is 7.98. The molecule has 0 saturated carbocycles. The lowest BCUT2D eigenvalue weighted by Gasteiger charge is -2.50. The normalized spacial score (nSPS) is 32.2. The summed E-state index contributed by atoms with van der Waals surface area (Å²) in [5, 5.41) is 0. The van der Waals surface area contributed by atoms with Crippen molar-refractivity contribution in [3.05, 3.63) is 0 Å². The van der Waals surface area contributed by atoms with Crippen LogP contribution in [-0.2, 0) is 0 Å². The van der Waals surface area contributed by atoms with E-state index >= 15 is 0 Å². The van der Waals surface area contributed by atoms with Crippen LogP contribution in [0.15, 0.2) is 0 Å². The molecule has 2 heterocycles. The lowest BCUT2D eigenvalue weighted by atomic mass is 9.94. The van der Waals surface area contributed by atoms with Crippen LogP contribution in [0.25, 0.3) is 0 Å². The summed E-state index contributed by atoms with van der Waals surface area (Å²) in [7, 11) is 0. The van der Waals surface area contributed by atoms with Crippen molar-refractivity contribution in [3.8, 4) is 0 Å². The molecule has 2 saturated heterocycles. The molecule has 0 aliphatic carbocycles. The van der Waals surface area contributed by atoms with Crippen molar-refractivity contribution in [2.75, 3.05) is 31.6 Å². The van der Waals surface area contributed by atoms with Crippen LogP contribution in [0.5, 0.6) is 0 Å². The molecule has 2 rings (SSSR count). The van der Waals surface area contributed by atoms with Crippen molar-refractivity contribution < 1.29 is 0 Å². The Bertz CT molecular complexity index is 247. The molecule has 0 N–H and O–H groups in total. The Morgan fingerprint density at radius 1 is 1.22 bits per heavy atom. The van der Waals surface area contributed by atoms with Crippen LogP contribution in [0.1, 0.15) is 46.0 Å². The molecule has 0 aromatic carbocycles. The molecular formula is C15H30N2S. The van der Waals surface area contributed by atoms with Crippen molar-refractivity contribution in [1.82, 2.24) is 9.80 Å². The number of hydrogen-bond acceptors (Lipinski definition) is 3. The second-order valence-corrected chi connectivity index (χ2v) is 6.83. The first kappa shape index (κ1) is 14.7. The standard InChI is InChI=1S/C15H30N2S/c1-4-13-10-16-9-7-6-8-15(16)11-17(13)14(5-2)12-18-3/h13-15H,4-12H2,1-3H3. The fourth-order valence-electron chi connectivity index (χ4n) is 3.73. The Morgan fingerprint density at radius 2 is 2.06 bits per heavy atom. The molecule has 0 spiro atoms. The summed E-state index contributed by atoms with van der Waals surface area (Å²) in [6, 6.07) is 2.46. The van der Waals surface area contributed by atoms with Crippen LogP contribution in [-0.4, -0.2) is 59.6 Å². The quantitative estimate of drug-likeness (QED) is 0.758. The van der Waals surface area contributed by atoms with Crippen LogP contribution >= 0.6 is 11.8 Å². The van der Waals surface area contributed by atoms with Gasteiger partial charge in [0.25, 0.3) is 0 Å². The maximum atomic E-state index is 2.85. The summed E-state index contributed by atoms with van der Waals surface area (Å²) < 4.78 is 0. The van der Waals surface area contributed by atoms with E-state index in [-0.39, 0.29) is 0 Å². The lowest BCUT2D eigenvalue weighted by Crippen LogP contribution is -2.62. The van der Waals surface area contributed by atoms with Gasteiger partial charge in [-0.15, -0.1) is 0 Å². The number of thioether (sulfide) groups is 1. The van der Waals surface area contributed by atoms with Crippen LogP contribution in [0, 0.1) is 0 Å². The molecule has 3 atom stereocenters. The van der Waals surface area contributed by atoms with Crippen molar-refractivity contribution in [2.45, 2.75) is 64.1 Å². The molecule has 106 valence electrons. The van der Waals surface area contributed by atoms with Gasteiger partial charge in [0, 0.05) is 37.0 Å². The summed E-state index contributed by atoms with van der Waals surface area (Å²) in [4.78, 5) is 5.63. The molecule has 3 heteroatoms. The number of piperazine rings is 1. The van der Waals surface area contributed by atoms with Crippen molar-refractivity contribution in [3.63, 3.8) is 0 Å². The molecule has 18 heavy (non-hydrogen) atoms. The third-order valence-corrected chi connectivity index (χ3v) is 5.57. The lowest BCUT2D eigenvalue weighted by molar-refractivity contribution is -0.0113. The van der Waals surface area contributed by atoms with Gasteiger partial charge in [0.2, 0.25) is 0 Å². The predicted octanol–water partition coefficient (Wildman–Crippen LogP) is 3.08. The van der Waals surface area contributed by atoms with E-state index in [0.717, 1.165) is 18.1 Å². The summed E-state index contributed by atoms with van der Waals surface area (Å²) >= 11 is 2.01. The second-order valence-electron chi connectivity index (χ2n) is 5.92. The monoisotopic (exact) mass is 270 g/mol. The van der Waals surface area contributed by atoms with E-state index in [1.54, 1.807) is 0 Å². The van der Waals surface area contributed by atoms with E-state index in [9.17, 15) is 0 Å². The van der Waals surface area contributed by atoms with Crippen LogP contribution < -0.4 is 0 Å². The van der Waals surface area contributed by atoms with Crippen molar-refractivity contribution in [2.24, 2.45) is 0 Å². The van der Waals surface area contributed by atoms with Crippen LogP contribution in [0.3, 0.4) is 0 Å². The Kier molecular flexibility index (Phi) is 5.84. The number of nitrogens with zero attached hydrogens (tertiary/aromatic N) is 2. The molecule has 0 aromatic rings. The van der Waals surface area contributed by atoms with E-state index in [0.29, 0.717) is 0 Å². The first-order valence-corrected chi connectivity index (χ1v) is 9.18. The molecule has 2 fully saturated rings. The fourth-order valence-corrected chi connectivity index (χ4v) is 4.54. The molecule has 0 aromatic heterocycles. The zero-order valence-electron chi connectivity index (χ0n) is 12.4. The number of rotatable bonds is 5. The minimum Gasteiger partial charge on any atom is -0.298 e. The van der Waals surface area contributed by atoms with Gasteiger partial charge >= 0.3 is 0 Å². The van der Waals surface area contributed by atoms with E-state index in [4.69, 9.17) is 0 Å². The number of hydrogen-bond donors (Lipinski definition) is 0. The van der Waals surface area contributed by atoms with Gasteiger partial charge in [-0.25, -0.2) is 0 Å². The molecule has 2 aliphatic heterocycles. The maximum absolute atomic E-state index is 2.85. The Hall–Kier alpha value is 0.270. The first-order valence-electron chi connectivity index (χ1n) is 7.78. The highest BCUT2D eigenvalue weighted by Crippen LogP contribution is 2.28.